The minimum Gasteiger partial charge on any atom is -0.372 e. The van der Waals surface area contributed by atoms with E-state index in [2.05, 4.69) is 34.9 Å². The van der Waals surface area contributed by atoms with Gasteiger partial charge in [-0.1, -0.05) is 19.3 Å². The van der Waals surface area contributed by atoms with E-state index in [1.54, 1.807) is 0 Å². The van der Waals surface area contributed by atoms with Crippen molar-refractivity contribution in [1.29, 1.82) is 0 Å². The van der Waals surface area contributed by atoms with Crippen molar-refractivity contribution in [3.05, 3.63) is 29.8 Å². The zero-order valence-corrected chi connectivity index (χ0v) is 15.4. The number of nitrogens with zero attached hydrogens (tertiary/aromatic N) is 1. The van der Waals surface area contributed by atoms with E-state index in [0.29, 0.717) is 16.7 Å². The third-order valence-corrected chi connectivity index (χ3v) is 4.71. The SMILES string of the molecule is CCN(CC)c1ccc(C(=O)NNC(=S)NC2CCCCC2)cc1. The van der Waals surface area contributed by atoms with Crippen molar-refractivity contribution in [3.8, 4) is 0 Å². The maximum Gasteiger partial charge on any atom is 0.269 e. The normalized spacial score (nSPS) is 14.8. The first-order chi connectivity index (χ1) is 11.6. The average Bonchev–Trinajstić information content (AvgIpc) is 2.62. The third-order valence-electron chi connectivity index (χ3n) is 4.49. The minimum absolute atomic E-state index is 0.186. The van der Waals surface area contributed by atoms with E-state index in [1.165, 1.54) is 19.3 Å². The molecule has 0 saturated heterocycles. The van der Waals surface area contributed by atoms with Crippen LogP contribution in [0.1, 0.15) is 56.3 Å². The molecule has 24 heavy (non-hydrogen) atoms. The lowest BCUT2D eigenvalue weighted by molar-refractivity contribution is 0.0943. The Morgan fingerprint density at radius 1 is 1.08 bits per heavy atom. The monoisotopic (exact) mass is 348 g/mol. The molecule has 0 spiro atoms. The zero-order chi connectivity index (χ0) is 17.4. The predicted octanol–water partition coefficient (Wildman–Crippen LogP) is 2.97. The van der Waals surface area contributed by atoms with Crippen molar-refractivity contribution in [2.45, 2.75) is 52.0 Å². The molecule has 132 valence electrons. The number of hydrogen-bond acceptors (Lipinski definition) is 3. The van der Waals surface area contributed by atoms with Gasteiger partial charge < -0.3 is 10.2 Å². The molecule has 1 aliphatic carbocycles. The summed E-state index contributed by atoms with van der Waals surface area (Å²) in [5.74, 6) is -0.186. The van der Waals surface area contributed by atoms with Crippen molar-refractivity contribution >= 4 is 28.9 Å². The number of nitrogens with one attached hydrogen (secondary N) is 3. The number of hydrazine groups is 1. The quantitative estimate of drug-likeness (QED) is 0.564. The predicted molar refractivity (Wildman–Crippen MR) is 103 cm³/mol. The fourth-order valence-corrected chi connectivity index (χ4v) is 3.28. The van der Waals surface area contributed by atoms with Crippen molar-refractivity contribution in [2.75, 3.05) is 18.0 Å². The van der Waals surface area contributed by atoms with Crippen LogP contribution in [0, 0.1) is 0 Å². The molecule has 0 aliphatic heterocycles. The summed E-state index contributed by atoms with van der Waals surface area (Å²) in [7, 11) is 0. The number of benzene rings is 1. The highest BCUT2D eigenvalue weighted by molar-refractivity contribution is 7.80. The Bertz CT molecular complexity index is 536. The molecule has 6 heteroatoms. The standard InChI is InChI=1S/C18H28N4OS/c1-3-22(4-2)16-12-10-14(11-13-16)17(23)20-21-18(24)19-15-8-6-5-7-9-15/h10-13,15H,3-9H2,1-2H3,(H,20,23)(H2,19,21,24). The number of anilines is 1. The first-order valence-corrected chi connectivity index (χ1v) is 9.26. The highest BCUT2D eigenvalue weighted by atomic mass is 32.1. The van der Waals surface area contributed by atoms with Gasteiger partial charge in [0.15, 0.2) is 5.11 Å². The molecule has 1 aromatic carbocycles. The third kappa shape index (κ3) is 5.37. The fourth-order valence-electron chi connectivity index (χ4n) is 3.07. The molecular formula is C18H28N4OS. The van der Waals surface area contributed by atoms with E-state index >= 15 is 0 Å². The summed E-state index contributed by atoms with van der Waals surface area (Å²) in [6, 6.07) is 8.04. The van der Waals surface area contributed by atoms with Crippen LogP contribution in [0.25, 0.3) is 0 Å². The minimum atomic E-state index is -0.186. The van der Waals surface area contributed by atoms with Gasteiger partial charge in [-0.15, -0.1) is 0 Å². The molecule has 1 saturated carbocycles. The lowest BCUT2D eigenvalue weighted by Crippen LogP contribution is -2.50. The Labute approximate surface area is 150 Å². The molecule has 3 N–H and O–H groups in total. The molecule has 1 aromatic rings. The molecule has 5 nitrogen and oxygen atoms in total. The maximum atomic E-state index is 12.2. The second kappa shape index (κ2) is 9.47. The van der Waals surface area contributed by atoms with Crippen molar-refractivity contribution in [2.24, 2.45) is 0 Å². The summed E-state index contributed by atoms with van der Waals surface area (Å²) in [4.78, 5) is 14.4. The Balaban J connectivity index is 1.80. The maximum absolute atomic E-state index is 12.2. The Kier molecular flexibility index (Phi) is 7.31. The van der Waals surface area contributed by atoms with Gasteiger partial charge in [-0.3, -0.25) is 15.6 Å². The van der Waals surface area contributed by atoms with Gasteiger partial charge in [-0.05, 0) is 63.2 Å². The van der Waals surface area contributed by atoms with Crippen LogP contribution in [0.15, 0.2) is 24.3 Å². The van der Waals surface area contributed by atoms with Gasteiger partial charge in [-0.2, -0.15) is 0 Å². The number of carbonyl (C=O) groups excluding carboxylic acids is 1. The van der Waals surface area contributed by atoms with E-state index in [9.17, 15) is 4.79 Å². The molecule has 1 amide bonds. The smallest absolute Gasteiger partial charge is 0.269 e. The Morgan fingerprint density at radius 2 is 1.71 bits per heavy atom. The van der Waals surface area contributed by atoms with E-state index in [4.69, 9.17) is 12.2 Å². The molecule has 2 rings (SSSR count). The van der Waals surface area contributed by atoms with Crippen LogP contribution >= 0.6 is 12.2 Å². The zero-order valence-electron chi connectivity index (χ0n) is 14.6. The summed E-state index contributed by atoms with van der Waals surface area (Å²) in [6.45, 7) is 6.14. The molecule has 0 radical (unpaired) electrons. The Morgan fingerprint density at radius 3 is 2.29 bits per heavy atom. The molecule has 0 unspecified atom stereocenters. The number of hydrogen-bond donors (Lipinski definition) is 3. The summed E-state index contributed by atoms with van der Waals surface area (Å²) >= 11 is 5.25. The van der Waals surface area contributed by atoms with Crippen LogP contribution in [-0.4, -0.2) is 30.2 Å². The molecule has 0 aromatic heterocycles. The number of thiocarbonyl (C=S) groups is 1. The van der Waals surface area contributed by atoms with E-state index < -0.39 is 0 Å². The lowest BCUT2D eigenvalue weighted by Gasteiger charge is -2.24. The highest BCUT2D eigenvalue weighted by Crippen LogP contribution is 2.17. The second-order valence-electron chi connectivity index (χ2n) is 6.11. The van der Waals surface area contributed by atoms with Crippen molar-refractivity contribution in [1.82, 2.24) is 16.2 Å². The van der Waals surface area contributed by atoms with Gasteiger partial charge in [0, 0.05) is 30.4 Å². The number of carbonyl (C=O) groups is 1. The molecule has 1 fully saturated rings. The Hall–Kier alpha value is -1.82. The van der Waals surface area contributed by atoms with Crippen LogP contribution in [0.3, 0.4) is 0 Å². The first-order valence-electron chi connectivity index (χ1n) is 8.86. The van der Waals surface area contributed by atoms with Gasteiger partial charge in [-0.25, -0.2) is 0 Å². The van der Waals surface area contributed by atoms with Gasteiger partial charge >= 0.3 is 0 Å². The molecule has 0 heterocycles. The average molecular weight is 349 g/mol. The summed E-state index contributed by atoms with van der Waals surface area (Å²) in [5, 5.41) is 3.75. The highest BCUT2D eigenvalue weighted by Gasteiger charge is 2.14. The fraction of sp³-hybridized carbons (Fsp3) is 0.556. The number of rotatable bonds is 5. The van der Waals surface area contributed by atoms with Crippen molar-refractivity contribution < 1.29 is 4.79 Å². The topological polar surface area (TPSA) is 56.4 Å². The summed E-state index contributed by atoms with van der Waals surface area (Å²) < 4.78 is 0. The summed E-state index contributed by atoms with van der Waals surface area (Å²) in [5.41, 5.74) is 7.19. The van der Waals surface area contributed by atoms with E-state index in [1.807, 2.05) is 24.3 Å². The summed E-state index contributed by atoms with van der Waals surface area (Å²) in [6.07, 6.45) is 6.07. The molecular weight excluding hydrogens is 320 g/mol. The van der Waals surface area contributed by atoms with Crippen LogP contribution in [0.4, 0.5) is 5.69 Å². The van der Waals surface area contributed by atoms with Crippen molar-refractivity contribution in [3.63, 3.8) is 0 Å². The van der Waals surface area contributed by atoms with Gasteiger partial charge in [0.1, 0.15) is 0 Å². The van der Waals surface area contributed by atoms with Crippen LogP contribution in [-0.2, 0) is 0 Å². The second-order valence-corrected chi connectivity index (χ2v) is 6.51. The molecule has 0 bridgehead atoms. The largest absolute Gasteiger partial charge is 0.372 e. The van der Waals surface area contributed by atoms with Gasteiger partial charge in [0.25, 0.3) is 5.91 Å². The van der Waals surface area contributed by atoms with Gasteiger partial charge in [0.05, 0.1) is 0 Å². The van der Waals surface area contributed by atoms with Gasteiger partial charge in [0.2, 0.25) is 0 Å². The number of amides is 1. The molecule has 1 aliphatic rings. The van der Waals surface area contributed by atoms with Crippen LogP contribution in [0.2, 0.25) is 0 Å². The van der Waals surface area contributed by atoms with Crippen LogP contribution in [0.5, 0.6) is 0 Å². The molecule has 0 atom stereocenters. The first kappa shape index (κ1) is 18.5. The van der Waals surface area contributed by atoms with E-state index in [-0.39, 0.29) is 5.91 Å². The van der Waals surface area contributed by atoms with E-state index in [0.717, 1.165) is 31.6 Å². The van der Waals surface area contributed by atoms with Crippen LogP contribution < -0.4 is 21.1 Å². The lowest BCUT2D eigenvalue weighted by atomic mass is 9.96.